The van der Waals surface area contributed by atoms with E-state index < -0.39 is 0 Å². The van der Waals surface area contributed by atoms with Crippen LogP contribution in [0.15, 0.2) is 158 Å². The van der Waals surface area contributed by atoms with Gasteiger partial charge in [-0.05, 0) is 124 Å². The molecule has 1 aliphatic carbocycles. The highest BCUT2D eigenvalue weighted by Gasteiger charge is 2.35. The van der Waals surface area contributed by atoms with Gasteiger partial charge in [-0.2, -0.15) is 0 Å². The fraction of sp³-hybridized carbons (Fsp3) is 0.0667. The summed E-state index contributed by atoms with van der Waals surface area (Å²) in [4.78, 5) is 2.21. The van der Waals surface area contributed by atoms with Gasteiger partial charge in [0.1, 0.15) is 0 Å². The molecule has 0 spiro atoms. The van der Waals surface area contributed by atoms with Crippen molar-refractivity contribution >= 4 is 62.1 Å². The van der Waals surface area contributed by atoms with Gasteiger partial charge in [-0.1, -0.05) is 104 Å². The molecule has 9 rings (SSSR count). The van der Waals surface area contributed by atoms with Crippen LogP contribution in [-0.2, 0) is 5.41 Å². The van der Waals surface area contributed by atoms with Crippen LogP contribution in [0.25, 0.3) is 49.7 Å². The second-order valence-corrected chi connectivity index (χ2v) is 14.2. The Morgan fingerprint density at radius 3 is 1.71 bits per heavy atom. The highest BCUT2D eigenvalue weighted by atomic mass is 35.5. The van der Waals surface area contributed by atoms with Gasteiger partial charge in [-0.25, -0.2) is 0 Å². The molecule has 0 bridgehead atoms. The second kappa shape index (κ2) is 11.4. The fourth-order valence-electron chi connectivity index (χ4n) is 7.69. The predicted octanol–water partition coefficient (Wildman–Crippen LogP) is 13.5. The molecule has 0 unspecified atom stereocenters. The number of hydrogen-bond donors (Lipinski definition) is 0. The summed E-state index contributed by atoms with van der Waals surface area (Å²) in [6, 6.07) is 56.0. The number of halogens is 2. The summed E-state index contributed by atoms with van der Waals surface area (Å²) in [5.74, 6) is 0. The molecular weight excluding hydrogens is 639 g/mol. The van der Waals surface area contributed by atoms with Crippen LogP contribution in [-0.4, -0.2) is 4.57 Å². The average molecular weight is 672 g/mol. The van der Waals surface area contributed by atoms with Crippen molar-refractivity contribution in [3.8, 4) is 27.9 Å². The van der Waals surface area contributed by atoms with Crippen LogP contribution in [0.4, 0.5) is 17.1 Å². The summed E-state index contributed by atoms with van der Waals surface area (Å²) in [5.41, 5.74) is 14.4. The van der Waals surface area contributed by atoms with Crippen LogP contribution in [0.2, 0.25) is 10.0 Å². The van der Waals surface area contributed by atoms with Gasteiger partial charge in [0.2, 0.25) is 0 Å². The Bertz CT molecular complexity index is 2480. The molecule has 0 saturated heterocycles. The highest BCUT2D eigenvalue weighted by molar-refractivity contribution is 6.31. The molecule has 4 heteroatoms. The van der Waals surface area contributed by atoms with Gasteiger partial charge in [0, 0.05) is 49.0 Å². The third-order valence-electron chi connectivity index (χ3n) is 10.1. The number of rotatable bonds is 5. The van der Waals surface area contributed by atoms with Gasteiger partial charge in [0.15, 0.2) is 0 Å². The minimum Gasteiger partial charge on any atom is -0.311 e. The first kappa shape index (κ1) is 29.8. The minimum atomic E-state index is -0.0588. The molecule has 0 radical (unpaired) electrons. The van der Waals surface area contributed by atoms with E-state index >= 15 is 0 Å². The van der Waals surface area contributed by atoms with E-state index in [-0.39, 0.29) is 5.41 Å². The monoisotopic (exact) mass is 670 g/mol. The lowest BCUT2D eigenvalue weighted by Crippen LogP contribution is -2.15. The lowest BCUT2D eigenvalue weighted by Gasteiger charge is -2.25. The molecule has 0 atom stereocenters. The first-order valence-electron chi connectivity index (χ1n) is 16.6. The molecule has 0 aliphatic heterocycles. The second-order valence-electron chi connectivity index (χ2n) is 13.3. The van der Waals surface area contributed by atoms with Gasteiger partial charge in [0.05, 0.1) is 11.0 Å². The van der Waals surface area contributed by atoms with Crippen LogP contribution < -0.4 is 4.90 Å². The Morgan fingerprint density at radius 2 is 1.02 bits per heavy atom. The van der Waals surface area contributed by atoms with Crippen molar-refractivity contribution in [2.45, 2.75) is 19.3 Å². The van der Waals surface area contributed by atoms with E-state index in [0.717, 1.165) is 22.6 Å². The lowest BCUT2D eigenvalue weighted by atomic mass is 9.82. The zero-order chi connectivity index (χ0) is 33.3. The van der Waals surface area contributed by atoms with Gasteiger partial charge in [-0.15, -0.1) is 0 Å². The molecule has 0 fully saturated rings. The largest absolute Gasteiger partial charge is 0.311 e. The summed E-state index contributed by atoms with van der Waals surface area (Å²) in [6.07, 6.45) is 0. The van der Waals surface area contributed by atoms with E-state index in [2.05, 4.69) is 133 Å². The number of aromatic nitrogens is 1. The van der Waals surface area contributed by atoms with Crippen molar-refractivity contribution in [2.75, 3.05) is 4.90 Å². The Balaban J connectivity index is 1.13. The van der Waals surface area contributed by atoms with Crippen molar-refractivity contribution in [1.29, 1.82) is 0 Å². The summed E-state index contributed by atoms with van der Waals surface area (Å²) in [5, 5.41) is 3.90. The van der Waals surface area contributed by atoms with E-state index in [1.165, 1.54) is 55.3 Å². The van der Waals surface area contributed by atoms with Crippen LogP contribution in [0.5, 0.6) is 0 Å². The summed E-state index contributed by atoms with van der Waals surface area (Å²) in [7, 11) is 0. The molecule has 1 heterocycles. The Labute approximate surface area is 296 Å². The van der Waals surface area contributed by atoms with Crippen molar-refractivity contribution in [3.63, 3.8) is 0 Å². The third kappa shape index (κ3) is 4.86. The third-order valence-corrected chi connectivity index (χ3v) is 10.6. The SMILES string of the molecule is CC1(C)c2ccccc2-c2ccc(-n3c4ccccc4c4cc(-c5ccc(N(c6ccc(Cl)cc6)c6ccc(Cl)cc6)cc5)ccc43)cc21. The van der Waals surface area contributed by atoms with Crippen molar-refractivity contribution in [3.05, 3.63) is 179 Å². The van der Waals surface area contributed by atoms with Crippen molar-refractivity contribution in [2.24, 2.45) is 0 Å². The number of nitrogens with zero attached hydrogens (tertiary/aromatic N) is 2. The Hall–Kier alpha value is -5.28. The van der Waals surface area contributed by atoms with E-state index in [9.17, 15) is 0 Å². The van der Waals surface area contributed by atoms with Crippen LogP contribution >= 0.6 is 23.2 Å². The zero-order valence-electron chi connectivity index (χ0n) is 27.2. The van der Waals surface area contributed by atoms with Gasteiger partial charge in [0.25, 0.3) is 0 Å². The van der Waals surface area contributed by atoms with Crippen molar-refractivity contribution < 1.29 is 0 Å². The summed E-state index contributed by atoms with van der Waals surface area (Å²) < 4.78 is 2.42. The topological polar surface area (TPSA) is 8.17 Å². The quantitative estimate of drug-likeness (QED) is 0.177. The zero-order valence-corrected chi connectivity index (χ0v) is 28.7. The fourth-order valence-corrected chi connectivity index (χ4v) is 7.94. The molecule has 8 aromatic rings. The number of benzene rings is 7. The average Bonchev–Trinajstić information content (AvgIpc) is 3.58. The molecule has 1 aromatic heterocycles. The lowest BCUT2D eigenvalue weighted by molar-refractivity contribution is 0.660. The molecule has 49 heavy (non-hydrogen) atoms. The summed E-state index contributed by atoms with van der Waals surface area (Å²) in [6.45, 7) is 4.68. The minimum absolute atomic E-state index is 0.0588. The molecule has 0 amide bonds. The summed E-state index contributed by atoms with van der Waals surface area (Å²) >= 11 is 12.5. The molecule has 2 nitrogen and oxygen atoms in total. The smallest absolute Gasteiger partial charge is 0.0541 e. The highest BCUT2D eigenvalue weighted by Crippen LogP contribution is 2.49. The first-order valence-corrected chi connectivity index (χ1v) is 17.3. The number of anilines is 3. The molecule has 0 N–H and O–H groups in total. The van der Waals surface area contributed by atoms with Crippen molar-refractivity contribution in [1.82, 2.24) is 4.57 Å². The maximum atomic E-state index is 6.25. The standard InChI is InChI=1S/C45H32Cl2N2/c1-45(2)41-9-5-3-7-37(41)38-25-24-36(28-42(38)45)49-43-10-6-4-8-39(43)40-27-30(13-26-44(40)49)29-11-18-33(19-12-29)48(34-20-14-31(46)15-21-34)35-22-16-32(47)17-23-35/h3-28H,1-2H3. The van der Waals surface area contributed by atoms with Gasteiger partial charge in [-0.3, -0.25) is 0 Å². The molecule has 0 saturated carbocycles. The maximum absolute atomic E-state index is 6.25. The van der Waals surface area contributed by atoms with Crippen LogP contribution in [0.3, 0.4) is 0 Å². The first-order chi connectivity index (χ1) is 23.9. The normalized spacial score (nSPS) is 13.1. The van der Waals surface area contributed by atoms with E-state index in [1.54, 1.807) is 0 Å². The van der Waals surface area contributed by atoms with Crippen LogP contribution in [0.1, 0.15) is 25.0 Å². The molecular formula is C45H32Cl2N2. The molecule has 7 aromatic carbocycles. The predicted molar refractivity (Wildman–Crippen MR) is 208 cm³/mol. The van der Waals surface area contributed by atoms with Gasteiger partial charge >= 0.3 is 0 Å². The Kier molecular flexibility index (Phi) is 6.95. The van der Waals surface area contributed by atoms with Gasteiger partial charge < -0.3 is 9.47 Å². The maximum Gasteiger partial charge on any atom is 0.0541 e. The molecule has 1 aliphatic rings. The van der Waals surface area contributed by atoms with E-state index in [4.69, 9.17) is 23.2 Å². The number of fused-ring (bicyclic) bond motifs is 6. The van der Waals surface area contributed by atoms with Crippen LogP contribution in [0, 0.1) is 0 Å². The Morgan fingerprint density at radius 1 is 0.469 bits per heavy atom. The van der Waals surface area contributed by atoms with E-state index in [1.807, 2.05) is 48.5 Å². The van der Waals surface area contributed by atoms with E-state index in [0.29, 0.717) is 10.0 Å². The number of para-hydroxylation sites is 1. The number of hydrogen-bond acceptors (Lipinski definition) is 1. The molecule has 236 valence electrons.